The van der Waals surface area contributed by atoms with Crippen LogP contribution < -0.4 is 11.2 Å². The van der Waals surface area contributed by atoms with Gasteiger partial charge in [0, 0.05) is 17.6 Å². The van der Waals surface area contributed by atoms with E-state index in [4.69, 9.17) is 11.6 Å². The molecule has 146 valence electrons. The van der Waals surface area contributed by atoms with Gasteiger partial charge in [0.15, 0.2) is 11.2 Å². The van der Waals surface area contributed by atoms with Crippen LogP contribution in [0.2, 0.25) is 5.02 Å². The zero-order valence-corrected chi connectivity index (χ0v) is 16.0. The van der Waals surface area contributed by atoms with Crippen molar-refractivity contribution in [2.75, 3.05) is 0 Å². The topological polar surface area (TPSA) is 61.8 Å². The quantitative estimate of drug-likeness (QED) is 0.517. The molecule has 29 heavy (non-hydrogen) atoms. The fraction of sp³-hybridized carbons (Fsp3) is 0.190. The van der Waals surface area contributed by atoms with E-state index in [1.54, 1.807) is 16.7 Å². The Morgan fingerprint density at radius 3 is 2.62 bits per heavy atom. The Bertz CT molecular complexity index is 1370. The van der Waals surface area contributed by atoms with Crippen molar-refractivity contribution in [1.29, 1.82) is 0 Å². The van der Waals surface area contributed by atoms with Gasteiger partial charge < -0.3 is 4.57 Å². The molecule has 0 amide bonds. The van der Waals surface area contributed by atoms with Crippen LogP contribution in [0, 0.1) is 5.82 Å². The van der Waals surface area contributed by atoms with E-state index in [0.29, 0.717) is 22.8 Å². The van der Waals surface area contributed by atoms with Crippen molar-refractivity contribution in [2.45, 2.75) is 25.4 Å². The van der Waals surface area contributed by atoms with Crippen LogP contribution in [-0.2, 0) is 6.54 Å². The van der Waals surface area contributed by atoms with Crippen LogP contribution >= 0.6 is 11.6 Å². The van der Waals surface area contributed by atoms with Crippen LogP contribution in [0.25, 0.3) is 16.9 Å². The zero-order valence-electron chi connectivity index (χ0n) is 15.3. The molecular formula is C21H16ClFN4O2. The second-order valence-corrected chi connectivity index (χ2v) is 7.62. The third-order valence-corrected chi connectivity index (χ3v) is 5.30. The van der Waals surface area contributed by atoms with Gasteiger partial charge in [0.05, 0.1) is 12.0 Å². The molecule has 2 aromatic carbocycles. The molecule has 1 fully saturated rings. The van der Waals surface area contributed by atoms with E-state index in [2.05, 4.69) is 4.98 Å². The van der Waals surface area contributed by atoms with Gasteiger partial charge in [-0.25, -0.2) is 18.7 Å². The maximum Gasteiger partial charge on any atom is 0.337 e. The monoisotopic (exact) mass is 410 g/mol. The standard InChI is InChI=1S/C21H16ClFN4O2/c22-14-4-1-3-13(9-14)11-25-12-24-19-18(25)20(28)27(16-7-8-16)21(29)26(19)17-6-2-5-15(23)10-17/h1-6,9-10,12,16H,7-8,11H2. The summed E-state index contributed by atoms with van der Waals surface area (Å²) in [4.78, 5) is 30.7. The molecule has 2 aromatic heterocycles. The Labute approximate surface area is 169 Å². The number of hydrogen-bond donors (Lipinski definition) is 0. The lowest BCUT2D eigenvalue weighted by Crippen LogP contribution is -2.39. The molecular weight excluding hydrogens is 395 g/mol. The second kappa shape index (κ2) is 6.70. The number of imidazole rings is 1. The average Bonchev–Trinajstić information content (AvgIpc) is 3.43. The molecule has 4 aromatic rings. The molecule has 8 heteroatoms. The van der Waals surface area contributed by atoms with Crippen molar-refractivity contribution in [3.05, 3.63) is 92.1 Å². The summed E-state index contributed by atoms with van der Waals surface area (Å²) in [7, 11) is 0. The van der Waals surface area contributed by atoms with E-state index in [0.717, 1.165) is 18.4 Å². The minimum absolute atomic E-state index is 0.131. The molecule has 0 spiro atoms. The first kappa shape index (κ1) is 17.9. The molecule has 0 bridgehead atoms. The molecule has 0 radical (unpaired) electrons. The maximum absolute atomic E-state index is 13.8. The fourth-order valence-electron chi connectivity index (χ4n) is 3.61. The summed E-state index contributed by atoms with van der Waals surface area (Å²) >= 11 is 6.08. The van der Waals surface area contributed by atoms with Gasteiger partial charge >= 0.3 is 5.69 Å². The van der Waals surface area contributed by atoms with E-state index in [1.807, 2.05) is 18.2 Å². The maximum atomic E-state index is 13.8. The lowest BCUT2D eigenvalue weighted by molar-refractivity contribution is 0.620. The van der Waals surface area contributed by atoms with Crippen molar-refractivity contribution in [1.82, 2.24) is 18.7 Å². The van der Waals surface area contributed by atoms with Crippen LogP contribution in [0.4, 0.5) is 4.39 Å². The molecule has 2 heterocycles. The largest absolute Gasteiger partial charge is 0.337 e. The van der Waals surface area contributed by atoms with Gasteiger partial charge in [0.1, 0.15) is 5.82 Å². The highest BCUT2D eigenvalue weighted by Crippen LogP contribution is 2.32. The summed E-state index contributed by atoms with van der Waals surface area (Å²) in [6.45, 7) is 0.373. The van der Waals surface area contributed by atoms with Crippen molar-refractivity contribution in [2.24, 2.45) is 0 Å². The fourth-order valence-corrected chi connectivity index (χ4v) is 3.82. The minimum Gasteiger partial charge on any atom is -0.320 e. The predicted octanol–water partition coefficient (Wildman–Crippen LogP) is 3.52. The average molecular weight is 411 g/mol. The predicted molar refractivity (Wildman–Crippen MR) is 108 cm³/mol. The molecule has 0 atom stereocenters. The number of hydrogen-bond acceptors (Lipinski definition) is 3. The van der Waals surface area contributed by atoms with Crippen molar-refractivity contribution < 1.29 is 4.39 Å². The summed E-state index contributed by atoms with van der Waals surface area (Å²) in [6.07, 6.45) is 3.07. The van der Waals surface area contributed by atoms with Gasteiger partial charge in [-0.15, -0.1) is 0 Å². The van der Waals surface area contributed by atoms with Gasteiger partial charge in [-0.3, -0.25) is 9.36 Å². The van der Waals surface area contributed by atoms with Gasteiger partial charge in [0.2, 0.25) is 0 Å². The normalized spacial score (nSPS) is 13.9. The summed E-state index contributed by atoms with van der Waals surface area (Å²) in [5, 5.41) is 0.596. The van der Waals surface area contributed by atoms with Crippen molar-refractivity contribution >= 4 is 22.8 Å². The Kier molecular flexibility index (Phi) is 4.13. The highest BCUT2D eigenvalue weighted by atomic mass is 35.5. The Balaban J connectivity index is 1.78. The zero-order chi connectivity index (χ0) is 20.1. The number of fused-ring (bicyclic) bond motifs is 1. The Hall–Kier alpha value is -3.19. The van der Waals surface area contributed by atoms with E-state index >= 15 is 0 Å². The summed E-state index contributed by atoms with van der Waals surface area (Å²) in [5.74, 6) is -0.468. The summed E-state index contributed by atoms with van der Waals surface area (Å²) in [6, 6.07) is 12.9. The van der Waals surface area contributed by atoms with Gasteiger partial charge in [-0.2, -0.15) is 0 Å². The molecule has 6 nitrogen and oxygen atoms in total. The lowest BCUT2D eigenvalue weighted by atomic mass is 10.2. The summed E-state index contributed by atoms with van der Waals surface area (Å²) < 4.78 is 18.1. The summed E-state index contributed by atoms with van der Waals surface area (Å²) in [5.41, 5.74) is 0.883. The second-order valence-electron chi connectivity index (χ2n) is 7.18. The molecule has 0 unspecified atom stereocenters. The number of aromatic nitrogens is 4. The van der Waals surface area contributed by atoms with Crippen LogP contribution in [0.5, 0.6) is 0 Å². The van der Waals surface area contributed by atoms with Crippen LogP contribution in [0.1, 0.15) is 24.4 Å². The first-order valence-electron chi connectivity index (χ1n) is 9.26. The number of rotatable bonds is 4. The minimum atomic E-state index is -0.497. The first-order valence-corrected chi connectivity index (χ1v) is 9.63. The number of nitrogens with zero attached hydrogens (tertiary/aromatic N) is 4. The third kappa shape index (κ3) is 3.07. The molecule has 1 aliphatic rings. The number of halogens is 2. The van der Waals surface area contributed by atoms with E-state index in [1.165, 1.54) is 33.7 Å². The SMILES string of the molecule is O=c1c2c(ncn2Cc2cccc(Cl)c2)n(-c2cccc(F)c2)c(=O)n1C1CC1. The molecule has 0 saturated heterocycles. The van der Waals surface area contributed by atoms with Crippen molar-refractivity contribution in [3.8, 4) is 5.69 Å². The lowest BCUT2D eigenvalue weighted by Gasteiger charge is -2.12. The van der Waals surface area contributed by atoms with Gasteiger partial charge in [-0.05, 0) is 48.7 Å². The highest BCUT2D eigenvalue weighted by molar-refractivity contribution is 6.30. The molecule has 1 saturated carbocycles. The first-order chi connectivity index (χ1) is 14.0. The van der Waals surface area contributed by atoms with Gasteiger partial charge in [0.25, 0.3) is 5.56 Å². The number of benzene rings is 2. The van der Waals surface area contributed by atoms with Crippen LogP contribution in [-0.4, -0.2) is 18.7 Å². The smallest absolute Gasteiger partial charge is 0.320 e. The molecule has 5 rings (SSSR count). The highest BCUT2D eigenvalue weighted by Gasteiger charge is 2.30. The Morgan fingerprint density at radius 2 is 1.90 bits per heavy atom. The van der Waals surface area contributed by atoms with Crippen molar-refractivity contribution in [3.63, 3.8) is 0 Å². The van der Waals surface area contributed by atoms with E-state index in [-0.39, 0.29) is 17.2 Å². The molecule has 1 aliphatic carbocycles. The van der Waals surface area contributed by atoms with Crippen LogP contribution in [0.15, 0.2) is 64.4 Å². The van der Waals surface area contributed by atoms with E-state index in [9.17, 15) is 14.0 Å². The molecule has 0 aliphatic heterocycles. The van der Waals surface area contributed by atoms with Gasteiger partial charge in [-0.1, -0.05) is 29.8 Å². The van der Waals surface area contributed by atoms with E-state index < -0.39 is 11.5 Å². The van der Waals surface area contributed by atoms with Crippen LogP contribution in [0.3, 0.4) is 0 Å². The Morgan fingerprint density at radius 1 is 1.10 bits per heavy atom. The molecule has 0 N–H and O–H groups in total. The third-order valence-electron chi connectivity index (χ3n) is 5.07.